The Labute approximate surface area is 179 Å². The third kappa shape index (κ3) is 4.95. The van der Waals surface area contributed by atoms with Gasteiger partial charge in [0.25, 0.3) is 0 Å². The number of benzene rings is 2. The quantitative estimate of drug-likeness (QED) is 0.624. The molecule has 1 saturated heterocycles. The number of ether oxygens (including phenoxy) is 3. The standard InChI is InChI=1S/C23H25F2NO5/c1-4-31-23(28)18-13-26(12-14-5-7-15(29-2)8-6-14)21(27)11-17(18)22-19(24)9-16(30-3)10-20(22)25/h5-10,17-18H,4,11-13H2,1-3H3. The number of carbonyl (C=O) groups excluding carboxylic acids is 2. The number of piperidine rings is 1. The minimum atomic E-state index is -0.968. The first-order valence-corrected chi connectivity index (χ1v) is 9.98. The molecule has 8 heteroatoms. The molecule has 0 radical (unpaired) electrons. The van der Waals surface area contributed by atoms with Crippen molar-refractivity contribution in [3.05, 3.63) is 59.2 Å². The van der Waals surface area contributed by atoms with E-state index in [-0.39, 0.29) is 43.3 Å². The number of nitrogens with zero attached hydrogens (tertiary/aromatic N) is 1. The molecule has 0 bridgehead atoms. The number of hydrogen-bond acceptors (Lipinski definition) is 5. The van der Waals surface area contributed by atoms with Crippen molar-refractivity contribution in [2.75, 3.05) is 27.4 Å². The summed E-state index contributed by atoms with van der Waals surface area (Å²) >= 11 is 0. The van der Waals surface area contributed by atoms with E-state index in [0.29, 0.717) is 5.75 Å². The van der Waals surface area contributed by atoms with Gasteiger partial charge in [0.1, 0.15) is 23.1 Å². The average molecular weight is 433 g/mol. The molecule has 1 amide bonds. The number of esters is 1. The van der Waals surface area contributed by atoms with Gasteiger partial charge in [-0.2, -0.15) is 0 Å². The lowest BCUT2D eigenvalue weighted by Crippen LogP contribution is -2.46. The summed E-state index contributed by atoms with van der Waals surface area (Å²) in [5, 5.41) is 0. The van der Waals surface area contributed by atoms with Crippen molar-refractivity contribution >= 4 is 11.9 Å². The Kier molecular flexibility index (Phi) is 7.09. The number of amides is 1. The fourth-order valence-corrected chi connectivity index (χ4v) is 3.85. The monoisotopic (exact) mass is 433 g/mol. The third-order valence-electron chi connectivity index (χ3n) is 5.43. The number of carbonyl (C=O) groups is 2. The van der Waals surface area contributed by atoms with Crippen molar-refractivity contribution in [2.45, 2.75) is 25.8 Å². The molecule has 0 N–H and O–H groups in total. The Morgan fingerprint density at radius 1 is 1.06 bits per heavy atom. The number of rotatable bonds is 7. The molecule has 0 saturated carbocycles. The van der Waals surface area contributed by atoms with Crippen molar-refractivity contribution in [1.82, 2.24) is 4.90 Å². The van der Waals surface area contributed by atoms with Gasteiger partial charge in [-0.1, -0.05) is 12.1 Å². The molecule has 2 unspecified atom stereocenters. The molecule has 1 aliphatic rings. The van der Waals surface area contributed by atoms with Crippen LogP contribution in [0.1, 0.15) is 30.4 Å². The maximum Gasteiger partial charge on any atom is 0.311 e. The van der Waals surface area contributed by atoms with Crippen molar-refractivity contribution in [3.63, 3.8) is 0 Å². The highest BCUT2D eigenvalue weighted by atomic mass is 19.1. The summed E-state index contributed by atoms with van der Waals surface area (Å²) in [6.45, 7) is 2.05. The number of likely N-dealkylation sites (tertiary alicyclic amines) is 1. The smallest absolute Gasteiger partial charge is 0.311 e. The van der Waals surface area contributed by atoms with Gasteiger partial charge < -0.3 is 19.1 Å². The number of halogens is 2. The molecule has 0 spiro atoms. The summed E-state index contributed by atoms with van der Waals surface area (Å²) in [5.41, 5.74) is 0.549. The predicted octanol–water partition coefficient (Wildman–Crippen LogP) is 3.68. The Balaban J connectivity index is 1.90. The van der Waals surface area contributed by atoms with Crippen LogP contribution >= 0.6 is 0 Å². The van der Waals surface area contributed by atoms with Crippen LogP contribution in [0, 0.1) is 17.6 Å². The second-order valence-electron chi connectivity index (χ2n) is 7.30. The minimum Gasteiger partial charge on any atom is -0.497 e. The van der Waals surface area contributed by atoms with E-state index in [1.165, 1.54) is 12.0 Å². The van der Waals surface area contributed by atoms with Gasteiger partial charge in [-0.15, -0.1) is 0 Å². The molecule has 1 heterocycles. The molecular weight excluding hydrogens is 408 g/mol. The van der Waals surface area contributed by atoms with Gasteiger partial charge in [-0.3, -0.25) is 9.59 Å². The number of methoxy groups -OCH3 is 2. The van der Waals surface area contributed by atoms with Crippen LogP contribution < -0.4 is 9.47 Å². The van der Waals surface area contributed by atoms with Crippen LogP contribution in [0.4, 0.5) is 8.78 Å². The van der Waals surface area contributed by atoms with Gasteiger partial charge in [-0.05, 0) is 24.6 Å². The molecule has 1 aliphatic heterocycles. The van der Waals surface area contributed by atoms with Crippen LogP contribution in [0.3, 0.4) is 0 Å². The molecule has 0 aromatic heterocycles. The van der Waals surface area contributed by atoms with Crippen LogP contribution in [0.25, 0.3) is 0 Å². The van der Waals surface area contributed by atoms with E-state index in [9.17, 15) is 18.4 Å². The Morgan fingerprint density at radius 3 is 2.23 bits per heavy atom. The molecule has 2 aromatic rings. The van der Waals surface area contributed by atoms with Crippen molar-refractivity contribution < 1.29 is 32.6 Å². The van der Waals surface area contributed by atoms with E-state index < -0.39 is 29.4 Å². The maximum absolute atomic E-state index is 14.7. The normalized spacial score (nSPS) is 18.6. The van der Waals surface area contributed by atoms with Crippen LogP contribution in [-0.2, 0) is 20.9 Å². The fraction of sp³-hybridized carbons (Fsp3) is 0.391. The maximum atomic E-state index is 14.7. The second-order valence-corrected chi connectivity index (χ2v) is 7.30. The van der Waals surface area contributed by atoms with Crippen LogP contribution in [0.5, 0.6) is 11.5 Å². The zero-order valence-electron chi connectivity index (χ0n) is 17.7. The highest BCUT2D eigenvalue weighted by Gasteiger charge is 2.42. The van der Waals surface area contributed by atoms with E-state index in [0.717, 1.165) is 17.7 Å². The summed E-state index contributed by atoms with van der Waals surface area (Å²) in [7, 11) is 2.86. The Hall–Kier alpha value is -3.16. The van der Waals surface area contributed by atoms with Gasteiger partial charge >= 0.3 is 5.97 Å². The zero-order chi connectivity index (χ0) is 22.5. The minimum absolute atomic E-state index is 0.000722. The van der Waals surface area contributed by atoms with Crippen LogP contribution in [0.15, 0.2) is 36.4 Å². The highest BCUT2D eigenvalue weighted by Crippen LogP contribution is 2.39. The van der Waals surface area contributed by atoms with Gasteiger partial charge in [0.2, 0.25) is 5.91 Å². The average Bonchev–Trinajstić information content (AvgIpc) is 2.75. The van der Waals surface area contributed by atoms with Gasteiger partial charge in [0.05, 0.1) is 26.7 Å². The Bertz CT molecular complexity index is 924. The highest BCUT2D eigenvalue weighted by molar-refractivity contribution is 5.83. The van der Waals surface area contributed by atoms with Gasteiger partial charge in [0, 0.05) is 43.1 Å². The molecule has 3 rings (SSSR count). The Morgan fingerprint density at radius 2 is 1.68 bits per heavy atom. The summed E-state index contributed by atoms with van der Waals surface area (Å²) in [4.78, 5) is 27.0. The lowest BCUT2D eigenvalue weighted by molar-refractivity contribution is -0.154. The van der Waals surface area contributed by atoms with Gasteiger partial charge in [0.15, 0.2) is 0 Å². The molecule has 166 valence electrons. The van der Waals surface area contributed by atoms with E-state index in [1.54, 1.807) is 26.2 Å². The molecule has 2 atom stereocenters. The zero-order valence-corrected chi connectivity index (χ0v) is 17.7. The first kappa shape index (κ1) is 22.5. The molecular formula is C23H25F2NO5. The first-order chi connectivity index (χ1) is 14.9. The molecule has 6 nitrogen and oxygen atoms in total. The van der Waals surface area contributed by atoms with E-state index >= 15 is 0 Å². The fourth-order valence-electron chi connectivity index (χ4n) is 3.85. The van der Waals surface area contributed by atoms with E-state index in [1.807, 2.05) is 12.1 Å². The van der Waals surface area contributed by atoms with Crippen LogP contribution in [-0.4, -0.2) is 44.1 Å². The van der Waals surface area contributed by atoms with Crippen molar-refractivity contribution in [2.24, 2.45) is 5.92 Å². The summed E-state index contributed by atoms with van der Waals surface area (Å²) in [6, 6.07) is 9.29. The number of hydrogen-bond donors (Lipinski definition) is 0. The molecule has 0 aliphatic carbocycles. The van der Waals surface area contributed by atoms with Gasteiger partial charge in [-0.25, -0.2) is 8.78 Å². The molecule has 2 aromatic carbocycles. The summed E-state index contributed by atoms with van der Waals surface area (Å²) in [5.74, 6) is -3.75. The van der Waals surface area contributed by atoms with E-state index in [4.69, 9.17) is 14.2 Å². The lowest BCUT2D eigenvalue weighted by Gasteiger charge is -2.37. The predicted molar refractivity (Wildman–Crippen MR) is 109 cm³/mol. The van der Waals surface area contributed by atoms with Crippen molar-refractivity contribution in [1.29, 1.82) is 0 Å². The van der Waals surface area contributed by atoms with Crippen molar-refractivity contribution in [3.8, 4) is 11.5 Å². The molecule has 31 heavy (non-hydrogen) atoms. The van der Waals surface area contributed by atoms with E-state index in [2.05, 4.69) is 0 Å². The lowest BCUT2D eigenvalue weighted by atomic mass is 9.79. The largest absolute Gasteiger partial charge is 0.497 e. The SMILES string of the molecule is CCOC(=O)C1CN(Cc2ccc(OC)cc2)C(=O)CC1c1c(F)cc(OC)cc1F. The third-order valence-corrected chi connectivity index (χ3v) is 5.43. The summed E-state index contributed by atoms with van der Waals surface area (Å²) < 4.78 is 44.7. The second kappa shape index (κ2) is 9.76. The van der Waals surface area contributed by atoms with Crippen LogP contribution in [0.2, 0.25) is 0 Å². The first-order valence-electron chi connectivity index (χ1n) is 9.98. The topological polar surface area (TPSA) is 65.1 Å². The summed E-state index contributed by atoms with van der Waals surface area (Å²) in [6.07, 6.45) is -0.209. The molecule has 1 fully saturated rings.